The van der Waals surface area contributed by atoms with Crippen LogP contribution in [0.1, 0.15) is 52.3 Å². The molecule has 106 valence electrons. The summed E-state index contributed by atoms with van der Waals surface area (Å²) in [6, 6.07) is 2.75. The van der Waals surface area contributed by atoms with Gasteiger partial charge in [0.2, 0.25) is 0 Å². The summed E-state index contributed by atoms with van der Waals surface area (Å²) in [5.74, 6) is 3.01. The first-order valence-electron chi connectivity index (χ1n) is 7.66. The molecule has 0 bridgehead atoms. The van der Waals surface area contributed by atoms with Crippen LogP contribution in [0.2, 0.25) is 0 Å². The number of rotatable bonds is 5. The summed E-state index contributed by atoms with van der Waals surface area (Å²) in [7, 11) is 0. The van der Waals surface area contributed by atoms with E-state index in [2.05, 4.69) is 42.0 Å². The Bertz CT molecular complexity index is 405. The highest BCUT2D eigenvalue weighted by Crippen LogP contribution is 2.26. The van der Waals surface area contributed by atoms with Crippen LogP contribution in [-0.4, -0.2) is 29.1 Å². The summed E-state index contributed by atoms with van der Waals surface area (Å²) in [6.45, 7) is 8.52. The molecule has 1 aliphatic rings. The maximum absolute atomic E-state index is 4.73. The molecule has 1 aromatic heterocycles. The van der Waals surface area contributed by atoms with Crippen molar-refractivity contribution in [2.24, 2.45) is 0 Å². The van der Waals surface area contributed by atoms with Crippen LogP contribution in [0.4, 0.5) is 11.6 Å². The van der Waals surface area contributed by atoms with Crippen LogP contribution < -0.4 is 10.2 Å². The predicted molar refractivity (Wildman–Crippen MR) is 80.8 cm³/mol. The Hall–Kier alpha value is -1.32. The monoisotopic (exact) mass is 262 g/mol. The van der Waals surface area contributed by atoms with Gasteiger partial charge in [-0.3, -0.25) is 0 Å². The predicted octanol–water partition coefficient (Wildman–Crippen LogP) is 3.24. The van der Waals surface area contributed by atoms with Crippen molar-refractivity contribution in [1.29, 1.82) is 0 Å². The van der Waals surface area contributed by atoms with Gasteiger partial charge in [-0.15, -0.1) is 0 Å². The van der Waals surface area contributed by atoms with Crippen molar-refractivity contribution >= 4 is 11.6 Å². The maximum Gasteiger partial charge on any atom is 0.134 e. The lowest BCUT2D eigenvalue weighted by Crippen LogP contribution is -2.39. The molecule has 1 unspecified atom stereocenters. The van der Waals surface area contributed by atoms with Gasteiger partial charge in [0.05, 0.1) is 0 Å². The maximum atomic E-state index is 4.73. The van der Waals surface area contributed by atoms with Gasteiger partial charge in [-0.1, -0.05) is 13.8 Å². The number of nitrogens with one attached hydrogen (secondary N) is 1. The van der Waals surface area contributed by atoms with Crippen molar-refractivity contribution in [2.45, 2.75) is 58.9 Å². The van der Waals surface area contributed by atoms with E-state index in [1.807, 2.05) is 0 Å². The second kappa shape index (κ2) is 6.73. The van der Waals surface area contributed by atoms with Gasteiger partial charge in [0.25, 0.3) is 0 Å². The second-order valence-electron chi connectivity index (χ2n) is 5.16. The van der Waals surface area contributed by atoms with Gasteiger partial charge in [-0.05, 0) is 32.6 Å². The van der Waals surface area contributed by atoms with Crippen LogP contribution in [0.25, 0.3) is 0 Å². The first kappa shape index (κ1) is 14.1. The summed E-state index contributed by atoms with van der Waals surface area (Å²) < 4.78 is 0. The molecule has 1 N–H and O–H groups in total. The Balaban J connectivity index is 2.28. The Morgan fingerprint density at radius 1 is 1.26 bits per heavy atom. The molecular formula is C15H26N4. The third-order valence-corrected chi connectivity index (χ3v) is 3.83. The van der Waals surface area contributed by atoms with Crippen LogP contribution in [0.15, 0.2) is 6.07 Å². The number of aryl methyl sites for hydroxylation is 1. The standard InChI is InChI=1S/C15H26N4/c1-4-12-9-7-8-10-19(12)15-11-14(16-6-3)17-13(5-2)18-15/h11-12H,4-10H2,1-3H3,(H,16,17,18). The molecule has 1 fully saturated rings. The van der Waals surface area contributed by atoms with Gasteiger partial charge in [-0.2, -0.15) is 0 Å². The van der Waals surface area contributed by atoms with Gasteiger partial charge in [-0.25, -0.2) is 9.97 Å². The highest BCUT2D eigenvalue weighted by molar-refractivity contribution is 5.50. The van der Waals surface area contributed by atoms with Crippen LogP contribution >= 0.6 is 0 Å². The summed E-state index contributed by atoms with van der Waals surface area (Å²) in [4.78, 5) is 11.7. The molecule has 1 aliphatic heterocycles. The number of anilines is 2. The van der Waals surface area contributed by atoms with Crippen LogP contribution in [0, 0.1) is 0 Å². The number of aromatic nitrogens is 2. The fourth-order valence-corrected chi connectivity index (χ4v) is 2.79. The zero-order valence-electron chi connectivity index (χ0n) is 12.4. The number of piperidine rings is 1. The average molecular weight is 262 g/mol. The molecule has 1 saturated heterocycles. The first-order chi connectivity index (χ1) is 9.28. The largest absolute Gasteiger partial charge is 0.370 e. The zero-order chi connectivity index (χ0) is 13.7. The molecule has 19 heavy (non-hydrogen) atoms. The fourth-order valence-electron chi connectivity index (χ4n) is 2.79. The molecule has 0 spiro atoms. The lowest BCUT2D eigenvalue weighted by atomic mass is 10.00. The summed E-state index contributed by atoms with van der Waals surface area (Å²) in [5, 5.41) is 3.32. The molecule has 0 saturated carbocycles. The van der Waals surface area contributed by atoms with Gasteiger partial charge in [0.1, 0.15) is 17.5 Å². The molecule has 0 aromatic carbocycles. The molecule has 4 heteroatoms. The molecular weight excluding hydrogens is 236 g/mol. The SMILES string of the molecule is CCNc1cc(N2CCCCC2CC)nc(CC)n1. The van der Waals surface area contributed by atoms with Gasteiger partial charge < -0.3 is 10.2 Å². The van der Waals surface area contributed by atoms with E-state index >= 15 is 0 Å². The third kappa shape index (κ3) is 3.37. The van der Waals surface area contributed by atoms with Gasteiger partial charge in [0.15, 0.2) is 0 Å². The molecule has 2 heterocycles. The average Bonchev–Trinajstić information content (AvgIpc) is 2.47. The molecule has 2 rings (SSSR count). The molecule has 1 aromatic rings. The Labute approximate surface area is 116 Å². The minimum absolute atomic E-state index is 0.642. The number of hydrogen-bond donors (Lipinski definition) is 1. The fraction of sp³-hybridized carbons (Fsp3) is 0.733. The van der Waals surface area contributed by atoms with Crippen molar-refractivity contribution in [1.82, 2.24) is 9.97 Å². The summed E-state index contributed by atoms with van der Waals surface area (Å²) in [6.07, 6.45) is 6.00. The minimum atomic E-state index is 0.642. The Morgan fingerprint density at radius 2 is 2.11 bits per heavy atom. The van der Waals surface area contributed by atoms with E-state index in [0.29, 0.717) is 6.04 Å². The topological polar surface area (TPSA) is 41.0 Å². The quantitative estimate of drug-likeness (QED) is 0.884. The highest BCUT2D eigenvalue weighted by atomic mass is 15.2. The summed E-state index contributed by atoms with van der Waals surface area (Å²) >= 11 is 0. The lowest BCUT2D eigenvalue weighted by molar-refractivity contribution is 0.446. The molecule has 4 nitrogen and oxygen atoms in total. The van der Waals surface area contributed by atoms with E-state index < -0.39 is 0 Å². The van der Waals surface area contributed by atoms with Gasteiger partial charge >= 0.3 is 0 Å². The lowest BCUT2D eigenvalue weighted by Gasteiger charge is -2.36. The minimum Gasteiger partial charge on any atom is -0.370 e. The number of hydrogen-bond acceptors (Lipinski definition) is 4. The van der Waals surface area contributed by atoms with Gasteiger partial charge in [0, 0.05) is 31.6 Å². The van der Waals surface area contributed by atoms with E-state index in [1.165, 1.54) is 25.7 Å². The van der Waals surface area contributed by atoms with E-state index in [9.17, 15) is 0 Å². The molecule has 1 atom stereocenters. The second-order valence-corrected chi connectivity index (χ2v) is 5.16. The van der Waals surface area contributed by atoms with Crippen LogP contribution in [-0.2, 0) is 6.42 Å². The van der Waals surface area contributed by atoms with Crippen LogP contribution in [0.5, 0.6) is 0 Å². The van der Waals surface area contributed by atoms with Crippen molar-refractivity contribution in [3.63, 3.8) is 0 Å². The first-order valence-corrected chi connectivity index (χ1v) is 7.66. The normalized spacial score (nSPS) is 19.5. The zero-order valence-corrected chi connectivity index (χ0v) is 12.4. The molecule has 0 amide bonds. The smallest absolute Gasteiger partial charge is 0.134 e. The van der Waals surface area contributed by atoms with E-state index in [0.717, 1.165) is 37.0 Å². The third-order valence-electron chi connectivity index (χ3n) is 3.83. The highest BCUT2D eigenvalue weighted by Gasteiger charge is 2.22. The van der Waals surface area contributed by atoms with Crippen molar-refractivity contribution < 1.29 is 0 Å². The van der Waals surface area contributed by atoms with E-state index in [1.54, 1.807) is 0 Å². The molecule has 0 radical (unpaired) electrons. The van der Waals surface area contributed by atoms with Crippen molar-refractivity contribution in [3.05, 3.63) is 11.9 Å². The van der Waals surface area contributed by atoms with Crippen LogP contribution in [0.3, 0.4) is 0 Å². The summed E-state index contributed by atoms with van der Waals surface area (Å²) in [5.41, 5.74) is 0. The Morgan fingerprint density at radius 3 is 2.79 bits per heavy atom. The Kier molecular flexibility index (Phi) is 5.00. The number of nitrogens with zero attached hydrogens (tertiary/aromatic N) is 3. The van der Waals surface area contributed by atoms with E-state index in [4.69, 9.17) is 4.98 Å². The van der Waals surface area contributed by atoms with Crippen molar-refractivity contribution in [3.8, 4) is 0 Å². The van der Waals surface area contributed by atoms with E-state index in [-0.39, 0.29) is 0 Å². The van der Waals surface area contributed by atoms with Crippen molar-refractivity contribution in [2.75, 3.05) is 23.3 Å². The molecule has 0 aliphatic carbocycles.